The van der Waals surface area contributed by atoms with Crippen molar-refractivity contribution < 1.29 is 9.47 Å². The fraction of sp³-hybridized carbons (Fsp3) is 0.294. The summed E-state index contributed by atoms with van der Waals surface area (Å²) in [5.41, 5.74) is 2.59. The average Bonchev–Trinajstić information content (AvgIpc) is 2.97. The molecule has 0 spiro atoms. The van der Waals surface area contributed by atoms with Gasteiger partial charge in [0.15, 0.2) is 11.5 Å². The Balaban J connectivity index is 1.45. The molecule has 0 saturated carbocycles. The normalized spacial score (nSPS) is 12.6. The SMILES string of the molecule is Brc1cc(CNCCCc2ccccc2)cc2c1OCO2. The van der Waals surface area contributed by atoms with E-state index in [0.717, 1.165) is 41.9 Å². The van der Waals surface area contributed by atoms with E-state index in [2.05, 4.69) is 57.6 Å². The molecule has 3 rings (SSSR count). The van der Waals surface area contributed by atoms with Crippen LogP contribution in [0.4, 0.5) is 0 Å². The lowest BCUT2D eigenvalue weighted by Crippen LogP contribution is -2.15. The first-order valence-corrected chi connectivity index (χ1v) is 7.95. The van der Waals surface area contributed by atoms with E-state index in [-0.39, 0.29) is 0 Å². The molecule has 4 heteroatoms. The Morgan fingerprint density at radius 2 is 1.90 bits per heavy atom. The highest BCUT2D eigenvalue weighted by molar-refractivity contribution is 9.10. The molecule has 0 radical (unpaired) electrons. The van der Waals surface area contributed by atoms with Crippen molar-refractivity contribution in [3.63, 3.8) is 0 Å². The summed E-state index contributed by atoms with van der Waals surface area (Å²) in [5, 5.41) is 3.47. The maximum atomic E-state index is 5.43. The smallest absolute Gasteiger partial charge is 0.231 e. The van der Waals surface area contributed by atoms with Crippen LogP contribution in [0.15, 0.2) is 46.9 Å². The molecule has 1 heterocycles. The molecule has 0 aliphatic carbocycles. The lowest BCUT2D eigenvalue weighted by atomic mass is 10.1. The molecule has 2 aromatic rings. The molecule has 0 saturated heterocycles. The van der Waals surface area contributed by atoms with E-state index in [9.17, 15) is 0 Å². The largest absolute Gasteiger partial charge is 0.454 e. The van der Waals surface area contributed by atoms with E-state index in [4.69, 9.17) is 9.47 Å². The van der Waals surface area contributed by atoms with Crippen LogP contribution in [0.2, 0.25) is 0 Å². The van der Waals surface area contributed by atoms with Gasteiger partial charge in [0.1, 0.15) is 0 Å². The molecule has 0 atom stereocenters. The number of nitrogens with one attached hydrogen (secondary N) is 1. The highest BCUT2D eigenvalue weighted by Crippen LogP contribution is 2.39. The molecule has 0 unspecified atom stereocenters. The summed E-state index contributed by atoms with van der Waals surface area (Å²) in [4.78, 5) is 0. The van der Waals surface area contributed by atoms with Crippen LogP contribution in [0.5, 0.6) is 11.5 Å². The van der Waals surface area contributed by atoms with Crippen LogP contribution < -0.4 is 14.8 Å². The molecular formula is C17H18BrNO2. The second-order valence-electron chi connectivity index (χ2n) is 5.08. The monoisotopic (exact) mass is 347 g/mol. The van der Waals surface area contributed by atoms with Gasteiger partial charge in [-0.05, 0) is 58.6 Å². The van der Waals surface area contributed by atoms with E-state index < -0.39 is 0 Å². The highest BCUT2D eigenvalue weighted by Gasteiger charge is 2.17. The predicted octanol–water partition coefficient (Wildman–Crippen LogP) is 3.90. The number of hydrogen-bond acceptors (Lipinski definition) is 3. The molecule has 0 amide bonds. The van der Waals surface area contributed by atoms with Crippen LogP contribution in [0.25, 0.3) is 0 Å². The quantitative estimate of drug-likeness (QED) is 0.804. The number of rotatable bonds is 6. The third-order valence-electron chi connectivity index (χ3n) is 3.48. The van der Waals surface area contributed by atoms with Gasteiger partial charge in [0.05, 0.1) is 4.47 Å². The Morgan fingerprint density at radius 3 is 2.76 bits per heavy atom. The van der Waals surface area contributed by atoms with Gasteiger partial charge >= 0.3 is 0 Å². The van der Waals surface area contributed by atoms with Crippen LogP contribution >= 0.6 is 15.9 Å². The fourth-order valence-corrected chi connectivity index (χ4v) is 3.02. The first-order chi connectivity index (χ1) is 10.3. The van der Waals surface area contributed by atoms with Gasteiger partial charge in [-0.15, -0.1) is 0 Å². The minimum absolute atomic E-state index is 0.307. The van der Waals surface area contributed by atoms with Gasteiger partial charge in [-0.3, -0.25) is 0 Å². The average molecular weight is 348 g/mol. The first kappa shape index (κ1) is 14.4. The molecule has 21 heavy (non-hydrogen) atoms. The van der Waals surface area contributed by atoms with Crippen molar-refractivity contribution in [3.8, 4) is 11.5 Å². The fourth-order valence-electron chi connectivity index (χ4n) is 2.42. The number of ether oxygens (including phenoxy) is 2. The Labute approximate surface area is 133 Å². The third kappa shape index (κ3) is 3.77. The van der Waals surface area contributed by atoms with Gasteiger partial charge in [0, 0.05) is 6.54 Å². The summed E-state index contributed by atoms with van der Waals surface area (Å²) in [6.45, 7) is 2.15. The number of hydrogen-bond donors (Lipinski definition) is 1. The maximum Gasteiger partial charge on any atom is 0.231 e. The van der Waals surface area contributed by atoms with Crippen LogP contribution in [0.1, 0.15) is 17.5 Å². The Kier molecular flexibility index (Phi) is 4.78. The Hall–Kier alpha value is -1.52. The molecule has 3 nitrogen and oxygen atoms in total. The summed E-state index contributed by atoms with van der Waals surface area (Å²) in [7, 11) is 0. The van der Waals surface area contributed by atoms with Gasteiger partial charge in [-0.25, -0.2) is 0 Å². The van der Waals surface area contributed by atoms with Gasteiger partial charge in [-0.2, -0.15) is 0 Å². The molecule has 1 aliphatic heterocycles. The summed E-state index contributed by atoms with van der Waals surface area (Å²) >= 11 is 3.52. The first-order valence-electron chi connectivity index (χ1n) is 7.15. The summed E-state index contributed by atoms with van der Waals surface area (Å²) < 4.78 is 11.8. The molecule has 2 aromatic carbocycles. The van der Waals surface area contributed by atoms with Crippen molar-refractivity contribution in [2.24, 2.45) is 0 Å². The van der Waals surface area contributed by atoms with Crippen LogP contribution in [0, 0.1) is 0 Å². The molecule has 0 bridgehead atoms. The Morgan fingerprint density at radius 1 is 1.05 bits per heavy atom. The number of benzene rings is 2. The molecule has 110 valence electrons. The maximum absolute atomic E-state index is 5.43. The second-order valence-corrected chi connectivity index (χ2v) is 5.93. The van der Waals surface area contributed by atoms with E-state index in [1.54, 1.807) is 0 Å². The third-order valence-corrected chi connectivity index (χ3v) is 4.07. The number of halogens is 1. The van der Waals surface area contributed by atoms with Gasteiger partial charge in [0.25, 0.3) is 0 Å². The minimum Gasteiger partial charge on any atom is -0.454 e. The highest BCUT2D eigenvalue weighted by atomic mass is 79.9. The molecule has 0 aromatic heterocycles. The molecule has 1 aliphatic rings. The van der Waals surface area contributed by atoms with Gasteiger partial charge in [0.2, 0.25) is 6.79 Å². The lowest BCUT2D eigenvalue weighted by molar-refractivity contribution is 0.173. The lowest BCUT2D eigenvalue weighted by Gasteiger charge is -2.07. The standard InChI is InChI=1S/C17H18BrNO2/c18-15-9-14(10-16-17(15)21-12-20-16)11-19-8-4-7-13-5-2-1-3-6-13/h1-3,5-6,9-10,19H,4,7-8,11-12H2. The van der Waals surface area contributed by atoms with Gasteiger partial charge < -0.3 is 14.8 Å². The summed E-state index contributed by atoms with van der Waals surface area (Å²) in [6, 6.07) is 14.7. The van der Waals surface area contributed by atoms with Crippen molar-refractivity contribution in [1.82, 2.24) is 5.32 Å². The van der Waals surface area contributed by atoms with Crippen LogP contribution in [-0.4, -0.2) is 13.3 Å². The molecular weight excluding hydrogens is 330 g/mol. The van der Waals surface area contributed by atoms with E-state index in [1.807, 2.05) is 6.07 Å². The van der Waals surface area contributed by atoms with Crippen LogP contribution in [0.3, 0.4) is 0 Å². The predicted molar refractivity (Wildman–Crippen MR) is 86.7 cm³/mol. The second kappa shape index (κ2) is 6.96. The topological polar surface area (TPSA) is 30.5 Å². The van der Waals surface area contributed by atoms with Crippen molar-refractivity contribution in [1.29, 1.82) is 0 Å². The Bertz CT molecular complexity index is 601. The summed E-state index contributed by atoms with van der Waals surface area (Å²) in [5.74, 6) is 1.63. The van der Waals surface area contributed by atoms with Crippen LogP contribution in [-0.2, 0) is 13.0 Å². The summed E-state index contributed by atoms with van der Waals surface area (Å²) in [6.07, 6.45) is 2.24. The van der Waals surface area contributed by atoms with E-state index in [0.29, 0.717) is 6.79 Å². The number of fused-ring (bicyclic) bond motifs is 1. The van der Waals surface area contributed by atoms with Crippen molar-refractivity contribution in [2.45, 2.75) is 19.4 Å². The van der Waals surface area contributed by atoms with Gasteiger partial charge in [-0.1, -0.05) is 30.3 Å². The van der Waals surface area contributed by atoms with E-state index >= 15 is 0 Å². The van der Waals surface area contributed by atoms with Crippen molar-refractivity contribution in [3.05, 3.63) is 58.1 Å². The van der Waals surface area contributed by atoms with E-state index in [1.165, 1.54) is 11.1 Å². The number of aryl methyl sites for hydroxylation is 1. The molecule has 1 N–H and O–H groups in total. The zero-order valence-corrected chi connectivity index (χ0v) is 13.4. The zero-order chi connectivity index (χ0) is 14.5. The minimum atomic E-state index is 0.307. The zero-order valence-electron chi connectivity index (χ0n) is 11.8. The molecule has 0 fully saturated rings. The van der Waals surface area contributed by atoms with Crippen molar-refractivity contribution in [2.75, 3.05) is 13.3 Å². The van der Waals surface area contributed by atoms with Crippen molar-refractivity contribution >= 4 is 15.9 Å².